The van der Waals surface area contributed by atoms with Gasteiger partial charge in [0.15, 0.2) is 0 Å². The van der Waals surface area contributed by atoms with Crippen LogP contribution in [-0.2, 0) is 6.42 Å². The Labute approximate surface area is 90.3 Å². The van der Waals surface area contributed by atoms with Gasteiger partial charge in [0.25, 0.3) is 0 Å². The Hall–Kier alpha value is -1.06. The molecule has 0 bridgehead atoms. The molecule has 82 valence electrons. The molecule has 1 aromatic carbocycles. The standard InChI is InChI=1S/C12H18N2O/c13-12-4-5-14-8-10(12)6-9-2-1-3-11(15)7-9/h1-3,7,10,12,14-15H,4-6,8,13H2. The van der Waals surface area contributed by atoms with Crippen LogP contribution < -0.4 is 11.1 Å². The molecule has 3 heteroatoms. The molecule has 0 saturated carbocycles. The van der Waals surface area contributed by atoms with E-state index in [0.29, 0.717) is 11.7 Å². The van der Waals surface area contributed by atoms with Gasteiger partial charge in [-0.2, -0.15) is 0 Å². The fourth-order valence-corrected chi connectivity index (χ4v) is 2.15. The summed E-state index contributed by atoms with van der Waals surface area (Å²) in [5.41, 5.74) is 7.23. The molecule has 0 aromatic heterocycles. The summed E-state index contributed by atoms with van der Waals surface area (Å²) >= 11 is 0. The molecule has 2 rings (SSSR count). The van der Waals surface area contributed by atoms with Crippen molar-refractivity contribution in [1.29, 1.82) is 0 Å². The SMILES string of the molecule is NC1CCNCC1Cc1cccc(O)c1. The van der Waals surface area contributed by atoms with Crippen LogP contribution in [0.5, 0.6) is 5.75 Å². The first kappa shape index (κ1) is 10.5. The van der Waals surface area contributed by atoms with Gasteiger partial charge in [0.1, 0.15) is 5.75 Å². The van der Waals surface area contributed by atoms with E-state index in [1.54, 1.807) is 6.07 Å². The molecule has 1 fully saturated rings. The minimum atomic E-state index is 0.286. The maximum absolute atomic E-state index is 9.36. The smallest absolute Gasteiger partial charge is 0.115 e. The summed E-state index contributed by atoms with van der Waals surface area (Å²) in [6, 6.07) is 7.73. The van der Waals surface area contributed by atoms with Crippen molar-refractivity contribution in [3.8, 4) is 5.75 Å². The minimum absolute atomic E-state index is 0.286. The molecule has 1 aromatic rings. The van der Waals surface area contributed by atoms with Crippen molar-refractivity contribution in [3.05, 3.63) is 29.8 Å². The number of nitrogens with two attached hydrogens (primary N) is 1. The van der Waals surface area contributed by atoms with Gasteiger partial charge in [-0.3, -0.25) is 0 Å². The molecule has 2 unspecified atom stereocenters. The Balaban J connectivity index is 2.01. The quantitative estimate of drug-likeness (QED) is 0.673. The van der Waals surface area contributed by atoms with Gasteiger partial charge >= 0.3 is 0 Å². The number of nitrogens with one attached hydrogen (secondary N) is 1. The Bertz CT molecular complexity index is 327. The number of piperidine rings is 1. The number of rotatable bonds is 2. The number of phenols is 1. The maximum atomic E-state index is 9.36. The second-order valence-corrected chi connectivity index (χ2v) is 4.29. The zero-order chi connectivity index (χ0) is 10.7. The summed E-state index contributed by atoms with van der Waals surface area (Å²) in [6.45, 7) is 2.01. The van der Waals surface area contributed by atoms with Gasteiger partial charge in [0, 0.05) is 6.04 Å². The molecule has 1 aliphatic rings. The summed E-state index contributed by atoms with van der Waals surface area (Å²) in [7, 11) is 0. The van der Waals surface area contributed by atoms with Crippen molar-refractivity contribution in [3.63, 3.8) is 0 Å². The highest BCUT2D eigenvalue weighted by atomic mass is 16.3. The predicted molar refractivity (Wildman–Crippen MR) is 60.8 cm³/mol. The lowest BCUT2D eigenvalue weighted by atomic mass is 9.88. The average Bonchev–Trinajstić information content (AvgIpc) is 2.22. The van der Waals surface area contributed by atoms with Crippen molar-refractivity contribution in [2.24, 2.45) is 11.7 Å². The van der Waals surface area contributed by atoms with E-state index in [0.717, 1.165) is 25.9 Å². The highest BCUT2D eigenvalue weighted by molar-refractivity contribution is 5.27. The van der Waals surface area contributed by atoms with E-state index < -0.39 is 0 Å². The lowest BCUT2D eigenvalue weighted by Crippen LogP contribution is -2.45. The van der Waals surface area contributed by atoms with Crippen molar-refractivity contribution < 1.29 is 5.11 Å². The lowest BCUT2D eigenvalue weighted by Gasteiger charge is -2.29. The minimum Gasteiger partial charge on any atom is -0.508 e. The van der Waals surface area contributed by atoms with Crippen molar-refractivity contribution >= 4 is 0 Å². The van der Waals surface area contributed by atoms with Crippen molar-refractivity contribution in [1.82, 2.24) is 5.32 Å². The molecule has 3 nitrogen and oxygen atoms in total. The third-order valence-electron chi connectivity index (χ3n) is 3.07. The molecular weight excluding hydrogens is 188 g/mol. The largest absolute Gasteiger partial charge is 0.508 e. The normalized spacial score (nSPS) is 26.5. The second-order valence-electron chi connectivity index (χ2n) is 4.29. The monoisotopic (exact) mass is 206 g/mol. The Morgan fingerprint density at radius 3 is 3.07 bits per heavy atom. The van der Waals surface area contributed by atoms with Gasteiger partial charge in [0.05, 0.1) is 0 Å². The Morgan fingerprint density at radius 1 is 1.47 bits per heavy atom. The van der Waals surface area contributed by atoms with Gasteiger partial charge in [-0.05, 0) is 49.5 Å². The summed E-state index contributed by atoms with van der Waals surface area (Å²) in [5, 5.41) is 12.7. The number of benzene rings is 1. The van der Waals surface area contributed by atoms with Crippen molar-refractivity contribution in [2.45, 2.75) is 18.9 Å². The van der Waals surface area contributed by atoms with Crippen LogP contribution in [0.25, 0.3) is 0 Å². The van der Waals surface area contributed by atoms with Crippen molar-refractivity contribution in [2.75, 3.05) is 13.1 Å². The second kappa shape index (κ2) is 4.64. The molecular formula is C12H18N2O. The molecule has 1 aliphatic heterocycles. The van der Waals surface area contributed by atoms with E-state index in [4.69, 9.17) is 5.73 Å². The summed E-state index contributed by atoms with van der Waals surface area (Å²) < 4.78 is 0. The van der Waals surface area contributed by atoms with Crippen LogP contribution in [-0.4, -0.2) is 24.2 Å². The zero-order valence-corrected chi connectivity index (χ0v) is 8.82. The number of hydrogen-bond donors (Lipinski definition) is 3. The predicted octanol–water partition coefficient (Wildman–Crippen LogP) is 0.871. The van der Waals surface area contributed by atoms with E-state index in [1.165, 1.54) is 5.56 Å². The van der Waals surface area contributed by atoms with E-state index in [1.807, 2.05) is 18.2 Å². The van der Waals surface area contributed by atoms with Crippen LogP contribution >= 0.6 is 0 Å². The Morgan fingerprint density at radius 2 is 2.33 bits per heavy atom. The fraction of sp³-hybridized carbons (Fsp3) is 0.500. The molecule has 1 saturated heterocycles. The van der Waals surface area contributed by atoms with Gasteiger partial charge < -0.3 is 16.2 Å². The number of phenolic OH excluding ortho intramolecular Hbond substituents is 1. The lowest BCUT2D eigenvalue weighted by molar-refractivity contribution is 0.324. The van der Waals surface area contributed by atoms with E-state index in [2.05, 4.69) is 5.32 Å². The van der Waals surface area contributed by atoms with E-state index in [-0.39, 0.29) is 6.04 Å². The number of hydrogen-bond acceptors (Lipinski definition) is 3. The third kappa shape index (κ3) is 2.70. The zero-order valence-electron chi connectivity index (χ0n) is 8.82. The molecule has 0 radical (unpaired) electrons. The van der Waals surface area contributed by atoms with Crippen LogP contribution in [0.2, 0.25) is 0 Å². The van der Waals surface area contributed by atoms with E-state index in [9.17, 15) is 5.11 Å². The van der Waals surface area contributed by atoms with E-state index >= 15 is 0 Å². The average molecular weight is 206 g/mol. The van der Waals surface area contributed by atoms with Crippen LogP contribution in [0, 0.1) is 5.92 Å². The molecule has 0 spiro atoms. The van der Waals surface area contributed by atoms with Gasteiger partial charge in [-0.25, -0.2) is 0 Å². The fourth-order valence-electron chi connectivity index (χ4n) is 2.15. The summed E-state index contributed by atoms with van der Waals surface area (Å²) in [5.74, 6) is 0.824. The molecule has 0 amide bonds. The van der Waals surface area contributed by atoms with Crippen LogP contribution in [0.15, 0.2) is 24.3 Å². The third-order valence-corrected chi connectivity index (χ3v) is 3.07. The molecule has 4 N–H and O–H groups in total. The highest BCUT2D eigenvalue weighted by Gasteiger charge is 2.21. The first-order valence-electron chi connectivity index (χ1n) is 5.50. The van der Waals surface area contributed by atoms with Crippen LogP contribution in [0.3, 0.4) is 0 Å². The molecule has 2 atom stereocenters. The van der Waals surface area contributed by atoms with Crippen LogP contribution in [0.1, 0.15) is 12.0 Å². The first-order valence-corrected chi connectivity index (χ1v) is 5.50. The maximum Gasteiger partial charge on any atom is 0.115 e. The molecule has 1 heterocycles. The van der Waals surface area contributed by atoms with Gasteiger partial charge in [-0.1, -0.05) is 12.1 Å². The van der Waals surface area contributed by atoms with Crippen LogP contribution in [0.4, 0.5) is 0 Å². The molecule has 0 aliphatic carbocycles. The Kier molecular flexibility index (Phi) is 3.23. The first-order chi connectivity index (χ1) is 7.25. The summed E-state index contributed by atoms with van der Waals surface area (Å²) in [4.78, 5) is 0. The highest BCUT2D eigenvalue weighted by Crippen LogP contribution is 2.18. The number of aromatic hydroxyl groups is 1. The molecule has 15 heavy (non-hydrogen) atoms. The topological polar surface area (TPSA) is 58.3 Å². The summed E-state index contributed by atoms with van der Waals surface area (Å²) in [6.07, 6.45) is 1.99. The van der Waals surface area contributed by atoms with Gasteiger partial charge in [0.2, 0.25) is 0 Å². The van der Waals surface area contributed by atoms with Gasteiger partial charge in [-0.15, -0.1) is 0 Å².